The van der Waals surface area contributed by atoms with E-state index in [0.29, 0.717) is 0 Å². The van der Waals surface area contributed by atoms with Crippen LogP contribution in [-0.2, 0) is 0 Å². The molecule has 0 nitrogen and oxygen atoms in total. The second kappa shape index (κ2) is 7.17. The van der Waals surface area contributed by atoms with Gasteiger partial charge in [-0.1, -0.05) is 121 Å². The first kappa shape index (κ1) is 16.5. The summed E-state index contributed by atoms with van der Waals surface area (Å²) in [4.78, 5) is 0. The molecule has 0 N–H and O–H groups in total. The zero-order chi connectivity index (χ0) is 18.8. The molecule has 0 unspecified atom stereocenters. The van der Waals surface area contributed by atoms with Gasteiger partial charge in [0, 0.05) is 0 Å². The third-order valence-electron chi connectivity index (χ3n) is 5.25. The van der Waals surface area contributed by atoms with Gasteiger partial charge in [-0.2, -0.15) is 0 Å². The summed E-state index contributed by atoms with van der Waals surface area (Å²) >= 11 is 0. The van der Waals surface area contributed by atoms with E-state index in [1.807, 2.05) is 0 Å². The van der Waals surface area contributed by atoms with Crippen LogP contribution in [0, 0.1) is 0 Å². The molecule has 132 valence electrons. The minimum absolute atomic E-state index is 1.26. The first-order valence-corrected chi connectivity index (χ1v) is 9.64. The van der Waals surface area contributed by atoms with Gasteiger partial charge in [0.2, 0.25) is 0 Å². The molecule has 0 amide bonds. The monoisotopic (exact) mass is 356 g/mol. The van der Waals surface area contributed by atoms with E-state index in [1.165, 1.54) is 44.5 Å². The summed E-state index contributed by atoms with van der Waals surface area (Å²) in [5.41, 5.74) is 10.4. The second-order valence-corrected chi connectivity index (χ2v) is 6.96. The quantitative estimate of drug-likeness (QED) is 0.362. The van der Waals surface area contributed by atoms with E-state index in [4.69, 9.17) is 0 Å². The Morgan fingerprint density at radius 2 is 0.393 bits per heavy atom. The highest BCUT2D eigenvalue weighted by Crippen LogP contribution is 2.55. The van der Waals surface area contributed by atoms with Gasteiger partial charge < -0.3 is 0 Å². The number of allylic oxidation sites excluding steroid dienone is 4. The summed E-state index contributed by atoms with van der Waals surface area (Å²) in [6.45, 7) is 0. The smallest absolute Gasteiger partial charge is 0.00139 e. The van der Waals surface area contributed by atoms with Crippen LogP contribution in [0.25, 0.3) is 22.3 Å². The van der Waals surface area contributed by atoms with Gasteiger partial charge in [0.25, 0.3) is 0 Å². The fourth-order valence-electron chi connectivity index (χ4n) is 4.01. The maximum atomic E-state index is 2.21. The molecule has 0 fully saturated rings. The average Bonchev–Trinajstić information content (AvgIpc) is 2.76. The summed E-state index contributed by atoms with van der Waals surface area (Å²) in [6.07, 6.45) is 0. The summed E-state index contributed by atoms with van der Waals surface area (Å²) < 4.78 is 0. The highest BCUT2D eigenvalue weighted by molar-refractivity contribution is 6.43. The van der Waals surface area contributed by atoms with Crippen LogP contribution in [-0.4, -0.2) is 0 Å². The van der Waals surface area contributed by atoms with Crippen LogP contribution in [0.5, 0.6) is 0 Å². The van der Waals surface area contributed by atoms with Crippen molar-refractivity contribution >= 4 is 22.3 Å². The largest absolute Gasteiger partial charge is 0.0622 e. The number of hydrogen-bond acceptors (Lipinski definition) is 0. The highest BCUT2D eigenvalue weighted by Gasteiger charge is 2.32. The van der Waals surface area contributed by atoms with E-state index < -0.39 is 0 Å². The molecule has 28 heavy (non-hydrogen) atoms. The fraction of sp³-hybridized carbons (Fsp3) is 0. The van der Waals surface area contributed by atoms with Gasteiger partial charge in [0.15, 0.2) is 0 Å². The fourth-order valence-corrected chi connectivity index (χ4v) is 4.01. The Bertz CT molecular complexity index is 947. The molecule has 0 saturated heterocycles. The third-order valence-corrected chi connectivity index (χ3v) is 5.25. The molecule has 0 spiro atoms. The molecule has 0 radical (unpaired) electrons. The molecule has 0 heteroatoms. The Balaban J connectivity index is 1.80. The van der Waals surface area contributed by atoms with Crippen LogP contribution in [0.4, 0.5) is 0 Å². The average molecular weight is 356 g/mol. The number of hydrogen-bond donors (Lipinski definition) is 0. The molecule has 4 aromatic carbocycles. The van der Waals surface area contributed by atoms with Crippen LogP contribution in [0.2, 0.25) is 0 Å². The van der Waals surface area contributed by atoms with Crippen molar-refractivity contribution < 1.29 is 0 Å². The van der Waals surface area contributed by atoms with Crippen molar-refractivity contribution in [3.05, 3.63) is 144 Å². The van der Waals surface area contributed by atoms with Crippen molar-refractivity contribution in [2.45, 2.75) is 0 Å². The molecule has 0 heterocycles. The first-order valence-electron chi connectivity index (χ1n) is 9.64. The van der Waals surface area contributed by atoms with Gasteiger partial charge in [0.1, 0.15) is 0 Å². The minimum Gasteiger partial charge on any atom is -0.0622 e. The molecule has 4 aromatic rings. The molecule has 0 aromatic heterocycles. The molecule has 5 rings (SSSR count). The molecule has 0 bridgehead atoms. The summed E-state index contributed by atoms with van der Waals surface area (Å²) in [5, 5.41) is 0. The lowest BCUT2D eigenvalue weighted by atomic mass is 9.69. The van der Waals surface area contributed by atoms with Crippen LogP contribution >= 0.6 is 0 Å². The van der Waals surface area contributed by atoms with E-state index in [1.54, 1.807) is 0 Å². The Kier molecular flexibility index (Phi) is 4.23. The van der Waals surface area contributed by atoms with E-state index in [0.717, 1.165) is 0 Å². The van der Waals surface area contributed by atoms with Crippen molar-refractivity contribution in [1.29, 1.82) is 0 Å². The van der Waals surface area contributed by atoms with Crippen LogP contribution in [0.1, 0.15) is 22.3 Å². The lowest BCUT2D eigenvalue weighted by Crippen LogP contribution is -2.10. The Labute approximate surface area is 166 Å². The Morgan fingerprint density at radius 3 is 0.571 bits per heavy atom. The third kappa shape index (κ3) is 2.80. The summed E-state index contributed by atoms with van der Waals surface area (Å²) in [6, 6.07) is 43.0. The molecule has 1 aliphatic rings. The number of rotatable bonds is 4. The van der Waals surface area contributed by atoms with Gasteiger partial charge in [0.05, 0.1) is 0 Å². The van der Waals surface area contributed by atoms with E-state index >= 15 is 0 Å². The Morgan fingerprint density at radius 1 is 0.214 bits per heavy atom. The summed E-state index contributed by atoms with van der Waals surface area (Å²) in [5.74, 6) is 0. The second-order valence-electron chi connectivity index (χ2n) is 6.96. The van der Waals surface area contributed by atoms with Crippen molar-refractivity contribution in [3.63, 3.8) is 0 Å². The minimum atomic E-state index is 1.26. The van der Waals surface area contributed by atoms with Gasteiger partial charge in [-0.05, 0) is 44.5 Å². The van der Waals surface area contributed by atoms with Gasteiger partial charge in [-0.25, -0.2) is 0 Å². The van der Waals surface area contributed by atoms with Crippen molar-refractivity contribution in [2.24, 2.45) is 0 Å². The van der Waals surface area contributed by atoms with Crippen LogP contribution in [0.15, 0.2) is 121 Å². The molecular weight excluding hydrogens is 336 g/mol. The molecule has 0 atom stereocenters. The maximum Gasteiger partial charge on any atom is -0.00139 e. The van der Waals surface area contributed by atoms with Crippen molar-refractivity contribution in [2.75, 3.05) is 0 Å². The molecular formula is C28H20. The molecule has 1 aliphatic carbocycles. The van der Waals surface area contributed by atoms with E-state index in [2.05, 4.69) is 121 Å². The highest BCUT2D eigenvalue weighted by atomic mass is 14.3. The maximum absolute atomic E-state index is 2.21. The molecule has 0 aliphatic heterocycles. The van der Waals surface area contributed by atoms with Crippen LogP contribution in [0.3, 0.4) is 0 Å². The zero-order valence-corrected chi connectivity index (χ0v) is 15.5. The Hall–Kier alpha value is -3.64. The molecule has 0 saturated carbocycles. The predicted molar refractivity (Wildman–Crippen MR) is 119 cm³/mol. The zero-order valence-electron chi connectivity index (χ0n) is 15.5. The lowest BCUT2D eigenvalue weighted by Gasteiger charge is -2.33. The predicted octanol–water partition coefficient (Wildman–Crippen LogP) is 7.22. The van der Waals surface area contributed by atoms with Gasteiger partial charge in [-0.3, -0.25) is 0 Å². The van der Waals surface area contributed by atoms with Crippen molar-refractivity contribution in [1.82, 2.24) is 0 Å². The summed E-state index contributed by atoms with van der Waals surface area (Å²) in [7, 11) is 0. The van der Waals surface area contributed by atoms with Crippen molar-refractivity contribution in [3.8, 4) is 0 Å². The standard InChI is InChI=1S/C28H20/c1-5-13-21(14-6-1)25-26(22-15-7-2-8-16-22)28(24-19-11-4-12-20-24)27(25)23-17-9-3-10-18-23/h1-20H. The van der Waals surface area contributed by atoms with Gasteiger partial charge in [-0.15, -0.1) is 0 Å². The normalized spacial score (nSPS) is 13.4. The SMILES string of the molecule is c1ccc(C2=C(c3ccccc3)C(c3ccccc3)=C2c2ccccc2)cc1. The van der Waals surface area contributed by atoms with E-state index in [9.17, 15) is 0 Å². The number of benzene rings is 4. The first-order chi connectivity index (χ1) is 13.9. The van der Waals surface area contributed by atoms with Gasteiger partial charge >= 0.3 is 0 Å². The van der Waals surface area contributed by atoms with Crippen LogP contribution < -0.4 is 0 Å². The van der Waals surface area contributed by atoms with E-state index in [-0.39, 0.29) is 0 Å². The topological polar surface area (TPSA) is 0 Å². The lowest BCUT2D eigenvalue weighted by molar-refractivity contribution is 1.51.